The number of anilines is 3. The molecule has 0 aliphatic heterocycles. The maximum Gasteiger partial charge on any atom is 0.143 e. The van der Waals surface area contributed by atoms with Crippen LogP contribution in [-0.4, -0.2) is 0 Å². The minimum atomic E-state index is -0.536. The molecular formula is C12H9Cl2FN2. The molecule has 0 aliphatic carbocycles. The van der Waals surface area contributed by atoms with Crippen LogP contribution >= 0.6 is 23.2 Å². The molecule has 0 saturated carbocycles. The highest BCUT2D eigenvalue weighted by Gasteiger charge is 2.06. The Labute approximate surface area is 108 Å². The van der Waals surface area contributed by atoms with Crippen molar-refractivity contribution < 1.29 is 4.39 Å². The van der Waals surface area contributed by atoms with E-state index >= 15 is 0 Å². The Hall–Kier alpha value is -1.45. The molecular weight excluding hydrogens is 262 g/mol. The molecule has 0 aromatic heterocycles. The van der Waals surface area contributed by atoms with Crippen molar-refractivity contribution in [2.24, 2.45) is 0 Å². The summed E-state index contributed by atoms with van der Waals surface area (Å²) in [6, 6.07) is 9.69. The number of nitrogens with one attached hydrogen (secondary N) is 1. The van der Waals surface area contributed by atoms with Gasteiger partial charge in [-0.25, -0.2) is 4.39 Å². The summed E-state index contributed by atoms with van der Waals surface area (Å²) in [5, 5.41) is 3.70. The lowest BCUT2D eigenvalue weighted by molar-refractivity contribution is 0.629. The standard InChI is InChI=1S/C12H9Cl2FN2/c13-7-1-3-8(4-2-7)17-12-5-9(14)10(15)6-11(12)16/h1-6,17H,16H2. The molecule has 17 heavy (non-hydrogen) atoms. The highest BCUT2D eigenvalue weighted by Crippen LogP contribution is 2.29. The van der Waals surface area contributed by atoms with E-state index in [1.165, 1.54) is 12.1 Å². The average Bonchev–Trinajstić information content (AvgIpc) is 2.29. The summed E-state index contributed by atoms with van der Waals surface area (Å²) >= 11 is 11.5. The second kappa shape index (κ2) is 4.82. The summed E-state index contributed by atoms with van der Waals surface area (Å²) in [6.07, 6.45) is 0. The van der Waals surface area contributed by atoms with Crippen molar-refractivity contribution in [1.82, 2.24) is 0 Å². The zero-order valence-corrected chi connectivity index (χ0v) is 10.2. The minimum absolute atomic E-state index is 0.0238. The van der Waals surface area contributed by atoms with E-state index < -0.39 is 5.82 Å². The van der Waals surface area contributed by atoms with E-state index in [0.29, 0.717) is 16.4 Å². The summed E-state index contributed by atoms with van der Waals surface area (Å²) in [6.45, 7) is 0. The van der Waals surface area contributed by atoms with Crippen LogP contribution < -0.4 is 11.1 Å². The van der Waals surface area contributed by atoms with E-state index in [4.69, 9.17) is 28.9 Å². The summed E-state index contributed by atoms with van der Waals surface area (Å²) in [4.78, 5) is 0. The summed E-state index contributed by atoms with van der Waals surface area (Å²) in [7, 11) is 0. The fourth-order valence-corrected chi connectivity index (χ4v) is 1.65. The van der Waals surface area contributed by atoms with Crippen molar-refractivity contribution >= 4 is 40.3 Å². The lowest BCUT2D eigenvalue weighted by Gasteiger charge is -2.10. The lowest BCUT2D eigenvalue weighted by atomic mass is 10.2. The fourth-order valence-electron chi connectivity index (χ4n) is 1.36. The van der Waals surface area contributed by atoms with Gasteiger partial charge in [-0.15, -0.1) is 0 Å². The first-order valence-electron chi connectivity index (χ1n) is 4.83. The van der Waals surface area contributed by atoms with E-state index in [9.17, 15) is 4.39 Å². The predicted molar refractivity (Wildman–Crippen MR) is 70.6 cm³/mol. The van der Waals surface area contributed by atoms with Gasteiger partial charge in [0.25, 0.3) is 0 Å². The molecule has 2 rings (SSSR count). The molecule has 2 aromatic rings. The third-order valence-corrected chi connectivity index (χ3v) is 2.76. The number of hydrogen-bond donors (Lipinski definition) is 2. The third-order valence-electron chi connectivity index (χ3n) is 2.22. The molecule has 0 radical (unpaired) electrons. The average molecular weight is 271 g/mol. The molecule has 2 aromatic carbocycles. The minimum Gasteiger partial charge on any atom is -0.397 e. The normalized spacial score (nSPS) is 10.3. The van der Waals surface area contributed by atoms with Crippen LogP contribution in [0, 0.1) is 5.82 Å². The Bertz CT molecular complexity index is 541. The Balaban J connectivity index is 2.30. The molecule has 2 nitrogen and oxygen atoms in total. The quantitative estimate of drug-likeness (QED) is 0.791. The van der Waals surface area contributed by atoms with Crippen LogP contribution in [0.4, 0.5) is 21.5 Å². The molecule has 0 heterocycles. The van der Waals surface area contributed by atoms with Crippen LogP contribution in [-0.2, 0) is 0 Å². The van der Waals surface area contributed by atoms with Gasteiger partial charge in [-0.05, 0) is 30.3 Å². The molecule has 5 heteroatoms. The number of hydrogen-bond acceptors (Lipinski definition) is 2. The third kappa shape index (κ3) is 2.81. The second-order valence-electron chi connectivity index (χ2n) is 3.49. The molecule has 3 N–H and O–H groups in total. The zero-order chi connectivity index (χ0) is 12.4. The van der Waals surface area contributed by atoms with Crippen molar-refractivity contribution in [3.05, 3.63) is 52.3 Å². The lowest BCUT2D eigenvalue weighted by Crippen LogP contribution is -1.97. The molecule has 0 spiro atoms. The maximum absolute atomic E-state index is 13.1. The van der Waals surface area contributed by atoms with Crippen molar-refractivity contribution in [3.8, 4) is 0 Å². The van der Waals surface area contributed by atoms with E-state index in [1.807, 2.05) is 0 Å². The monoisotopic (exact) mass is 270 g/mol. The van der Waals surface area contributed by atoms with Gasteiger partial charge < -0.3 is 11.1 Å². The molecule has 0 aliphatic rings. The highest BCUT2D eigenvalue weighted by atomic mass is 35.5. The van der Waals surface area contributed by atoms with E-state index in [2.05, 4.69) is 5.32 Å². The van der Waals surface area contributed by atoms with Crippen LogP contribution in [0.2, 0.25) is 10.0 Å². The summed E-state index contributed by atoms with van der Waals surface area (Å²) < 4.78 is 13.1. The Morgan fingerprint density at radius 2 is 1.71 bits per heavy atom. The van der Waals surface area contributed by atoms with Gasteiger partial charge >= 0.3 is 0 Å². The van der Waals surface area contributed by atoms with Crippen molar-refractivity contribution in [2.75, 3.05) is 11.1 Å². The summed E-state index contributed by atoms with van der Waals surface area (Å²) in [5.74, 6) is -0.536. The first-order valence-corrected chi connectivity index (χ1v) is 5.59. The van der Waals surface area contributed by atoms with Gasteiger partial charge in [-0.1, -0.05) is 23.2 Å². The Kier molecular flexibility index (Phi) is 3.41. The van der Waals surface area contributed by atoms with Crippen LogP contribution in [0.25, 0.3) is 0 Å². The van der Waals surface area contributed by atoms with E-state index in [1.54, 1.807) is 24.3 Å². The van der Waals surface area contributed by atoms with Gasteiger partial charge in [0.05, 0.1) is 16.4 Å². The number of nitrogen functional groups attached to an aromatic ring is 1. The van der Waals surface area contributed by atoms with Gasteiger partial charge in [0.15, 0.2) is 0 Å². The van der Waals surface area contributed by atoms with Gasteiger partial charge in [0.1, 0.15) is 5.82 Å². The number of halogens is 3. The van der Waals surface area contributed by atoms with Crippen LogP contribution in [0.1, 0.15) is 0 Å². The Morgan fingerprint density at radius 3 is 2.35 bits per heavy atom. The van der Waals surface area contributed by atoms with E-state index in [-0.39, 0.29) is 5.02 Å². The van der Waals surface area contributed by atoms with Crippen molar-refractivity contribution in [3.63, 3.8) is 0 Å². The predicted octanol–water partition coefficient (Wildman–Crippen LogP) is 4.46. The zero-order valence-electron chi connectivity index (χ0n) is 8.68. The number of benzene rings is 2. The van der Waals surface area contributed by atoms with Gasteiger partial charge in [0.2, 0.25) is 0 Å². The molecule has 0 amide bonds. The van der Waals surface area contributed by atoms with Crippen LogP contribution in [0.3, 0.4) is 0 Å². The largest absolute Gasteiger partial charge is 0.397 e. The first-order chi connectivity index (χ1) is 8.06. The van der Waals surface area contributed by atoms with Gasteiger partial charge in [0, 0.05) is 16.8 Å². The van der Waals surface area contributed by atoms with Crippen molar-refractivity contribution in [1.29, 1.82) is 0 Å². The second-order valence-corrected chi connectivity index (χ2v) is 4.33. The fraction of sp³-hybridized carbons (Fsp3) is 0. The molecule has 0 unspecified atom stereocenters. The SMILES string of the molecule is Nc1cc(F)c(Cl)cc1Nc1ccc(Cl)cc1. The molecule has 0 atom stereocenters. The molecule has 88 valence electrons. The van der Waals surface area contributed by atoms with Crippen LogP contribution in [0.15, 0.2) is 36.4 Å². The van der Waals surface area contributed by atoms with Crippen molar-refractivity contribution in [2.45, 2.75) is 0 Å². The molecule has 0 fully saturated rings. The number of nitrogens with two attached hydrogens (primary N) is 1. The topological polar surface area (TPSA) is 38.0 Å². The Morgan fingerprint density at radius 1 is 1.06 bits per heavy atom. The van der Waals surface area contributed by atoms with Gasteiger partial charge in [-0.2, -0.15) is 0 Å². The molecule has 0 bridgehead atoms. The number of rotatable bonds is 2. The molecule has 0 saturated heterocycles. The highest BCUT2D eigenvalue weighted by molar-refractivity contribution is 6.31. The van der Waals surface area contributed by atoms with Crippen LogP contribution in [0.5, 0.6) is 0 Å². The maximum atomic E-state index is 13.1. The van der Waals surface area contributed by atoms with E-state index in [0.717, 1.165) is 5.69 Å². The van der Waals surface area contributed by atoms with Gasteiger partial charge in [-0.3, -0.25) is 0 Å². The smallest absolute Gasteiger partial charge is 0.143 e. The first kappa shape index (κ1) is 12.0. The summed E-state index contributed by atoms with van der Waals surface area (Å²) in [5.41, 5.74) is 7.32.